The smallest absolute Gasteiger partial charge is 0.349 e. The van der Waals surface area contributed by atoms with Crippen molar-refractivity contribution in [2.24, 2.45) is 5.73 Å². The van der Waals surface area contributed by atoms with Crippen LogP contribution in [0.25, 0.3) is 0 Å². The number of ether oxygens (including phenoxy) is 1. The molecular weight excluding hydrogens is 266 g/mol. The van der Waals surface area contributed by atoms with Crippen LogP contribution < -0.4 is 11.1 Å². The van der Waals surface area contributed by atoms with Crippen LogP contribution in [0.1, 0.15) is 20.0 Å². The molecule has 98 valence electrons. The average Bonchev–Trinajstić information content (AvgIpc) is 2.86. The quantitative estimate of drug-likeness (QED) is 0.830. The number of nitrogens with zero attached hydrogens (tertiary/aromatic N) is 1. The summed E-state index contributed by atoms with van der Waals surface area (Å²) in [5.74, 6) is -0.936. The molecule has 3 N–H and O–H groups in total. The Morgan fingerprint density at radius 2 is 2.21 bits per heavy atom. The zero-order valence-corrected chi connectivity index (χ0v) is 10.9. The third-order valence-corrected chi connectivity index (χ3v) is 3.18. The molecule has 0 spiro atoms. The van der Waals surface area contributed by atoms with E-state index in [1.54, 1.807) is 24.3 Å². The molecule has 0 aliphatic rings. The van der Waals surface area contributed by atoms with E-state index < -0.39 is 11.9 Å². The van der Waals surface area contributed by atoms with Crippen LogP contribution in [0.4, 0.5) is 10.8 Å². The first-order chi connectivity index (χ1) is 9.10. The summed E-state index contributed by atoms with van der Waals surface area (Å²) in [6.07, 6.45) is 1.43. The molecule has 0 bridgehead atoms. The number of anilines is 2. The molecule has 2 aromatic rings. The minimum atomic E-state index is -0.502. The average molecular weight is 277 g/mol. The molecule has 1 aromatic carbocycles. The minimum absolute atomic E-state index is 0.398. The highest BCUT2D eigenvalue weighted by molar-refractivity contribution is 7.17. The number of nitrogens with two attached hydrogens (primary N) is 1. The van der Waals surface area contributed by atoms with E-state index in [4.69, 9.17) is 5.73 Å². The standard InChI is InChI=1S/C12H11N3O3S/c1-18-11(17)9-6-14-12(19-9)15-8-4-2-3-7(5-8)10(13)16/h2-6H,1H3,(H2,13,16)(H,14,15). The largest absolute Gasteiger partial charge is 0.465 e. The van der Waals surface area contributed by atoms with Crippen molar-refractivity contribution >= 4 is 34.0 Å². The Bertz CT molecular complexity index is 624. The summed E-state index contributed by atoms with van der Waals surface area (Å²) in [7, 11) is 1.31. The van der Waals surface area contributed by atoms with E-state index in [1.165, 1.54) is 13.3 Å². The first-order valence-corrected chi connectivity index (χ1v) is 6.13. The molecule has 0 aliphatic heterocycles. The molecule has 0 fully saturated rings. The highest BCUT2D eigenvalue weighted by Crippen LogP contribution is 2.23. The van der Waals surface area contributed by atoms with Gasteiger partial charge in [0, 0.05) is 11.3 Å². The van der Waals surface area contributed by atoms with Gasteiger partial charge in [0.15, 0.2) is 5.13 Å². The maximum absolute atomic E-state index is 11.3. The van der Waals surface area contributed by atoms with Gasteiger partial charge in [-0.15, -0.1) is 0 Å². The minimum Gasteiger partial charge on any atom is -0.465 e. The van der Waals surface area contributed by atoms with Crippen molar-refractivity contribution in [3.05, 3.63) is 40.9 Å². The van der Waals surface area contributed by atoms with E-state index in [9.17, 15) is 9.59 Å². The van der Waals surface area contributed by atoms with Crippen LogP contribution in [0.15, 0.2) is 30.5 Å². The van der Waals surface area contributed by atoms with Gasteiger partial charge in [0.05, 0.1) is 13.3 Å². The van der Waals surface area contributed by atoms with Gasteiger partial charge in [0.2, 0.25) is 5.91 Å². The summed E-state index contributed by atoms with van der Waals surface area (Å²) < 4.78 is 4.59. The number of aromatic nitrogens is 1. The molecule has 0 unspecified atom stereocenters. The van der Waals surface area contributed by atoms with Crippen LogP contribution in [0.5, 0.6) is 0 Å². The van der Waals surface area contributed by atoms with E-state index in [1.807, 2.05) is 0 Å². The fourth-order valence-corrected chi connectivity index (χ4v) is 2.16. The lowest BCUT2D eigenvalue weighted by atomic mass is 10.2. The van der Waals surface area contributed by atoms with Gasteiger partial charge in [0.1, 0.15) is 4.88 Å². The van der Waals surface area contributed by atoms with Crippen molar-refractivity contribution in [3.8, 4) is 0 Å². The number of carbonyl (C=O) groups is 2. The van der Waals surface area contributed by atoms with Crippen LogP contribution >= 0.6 is 11.3 Å². The van der Waals surface area contributed by atoms with Gasteiger partial charge < -0.3 is 15.8 Å². The van der Waals surface area contributed by atoms with Gasteiger partial charge in [-0.2, -0.15) is 0 Å². The van der Waals surface area contributed by atoms with Crippen LogP contribution in [-0.2, 0) is 4.74 Å². The molecule has 0 saturated heterocycles. The number of nitrogens with one attached hydrogen (secondary N) is 1. The SMILES string of the molecule is COC(=O)c1cnc(Nc2cccc(C(N)=O)c2)s1. The van der Waals surface area contributed by atoms with Gasteiger partial charge in [-0.05, 0) is 18.2 Å². The molecule has 6 nitrogen and oxygen atoms in total. The van der Waals surface area contributed by atoms with Gasteiger partial charge in [-0.3, -0.25) is 4.79 Å². The predicted molar refractivity (Wildman–Crippen MR) is 71.7 cm³/mol. The first kappa shape index (κ1) is 13.0. The molecule has 19 heavy (non-hydrogen) atoms. The number of rotatable bonds is 4. The van der Waals surface area contributed by atoms with E-state index in [-0.39, 0.29) is 0 Å². The molecular formula is C12H11N3O3S. The van der Waals surface area contributed by atoms with E-state index >= 15 is 0 Å². The number of amides is 1. The predicted octanol–water partition coefficient (Wildman–Crippen LogP) is 1.77. The number of esters is 1. The normalized spacial score (nSPS) is 9.95. The summed E-state index contributed by atoms with van der Waals surface area (Å²) in [6.45, 7) is 0. The van der Waals surface area contributed by atoms with Crippen LogP contribution in [0, 0.1) is 0 Å². The molecule has 7 heteroatoms. The van der Waals surface area contributed by atoms with Crippen LogP contribution in [-0.4, -0.2) is 24.0 Å². The molecule has 2 rings (SSSR count). The Kier molecular flexibility index (Phi) is 3.76. The Morgan fingerprint density at radius 1 is 1.42 bits per heavy atom. The molecule has 1 aromatic heterocycles. The van der Waals surface area contributed by atoms with E-state index in [0.29, 0.717) is 21.3 Å². The topological polar surface area (TPSA) is 94.3 Å². The Balaban J connectivity index is 2.17. The van der Waals surface area contributed by atoms with Crippen molar-refractivity contribution in [2.45, 2.75) is 0 Å². The number of thiazole rings is 1. The number of primary amides is 1. The van der Waals surface area contributed by atoms with Crippen molar-refractivity contribution in [2.75, 3.05) is 12.4 Å². The maximum atomic E-state index is 11.3. The number of methoxy groups -OCH3 is 1. The zero-order valence-electron chi connectivity index (χ0n) is 10.0. The lowest BCUT2D eigenvalue weighted by molar-refractivity contribution is 0.0606. The molecule has 0 aliphatic carbocycles. The fourth-order valence-electron chi connectivity index (χ4n) is 1.40. The summed E-state index contributed by atoms with van der Waals surface area (Å²) in [6, 6.07) is 6.71. The molecule has 1 heterocycles. The number of benzene rings is 1. The highest BCUT2D eigenvalue weighted by Gasteiger charge is 2.10. The second-order valence-electron chi connectivity index (χ2n) is 3.59. The van der Waals surface area contributed by atoms with Gasteiger partial charge in [-0.1, -0.05) is 17.4 Å². The number of hydrogen-bond donors (Lipinski definition) is 2. The van der Waals surface area contributed by atoms with Crippen molar-refractivity contribution in [3.63, 3.8) is 0 Å². The van der Waals surface area contributed by atoms with E-state index in [2.05, 4.69) is 15.0 Å². The molecule has 0 saturated carbocycles. The van der Waals surface area contributed by atoms with Gasteiger partial charge in [-0.25, -0.2) is 9.78 Å². The second kappa shape index (κ2) is 5.49. The maximum Gasteiger partial charge on any atom is 0.349 e. The van der Waals surface area contributed by atoms with Crippen LogP contribution in [0.3, 0.4) is 0 Å². The molecule has 0 atom stereocenters. The third-order valence-electron chi connectivity index (χ3n) is 2.29. The summed E-state index contributed by atoms with van der Waals surface area (Å²) in [5.41, 5.74) is 6.26. The van der Waals surface area contributed by atoms with Crippen molar-refractivity contribution in [1.82, 2.24) is 4.98 Å². The van der Waals surface area contributed by atoms with Crippen LogP contribution in [0.2, 0.25) is 0 Å². The first-order valence-electron chi connectivity index (χ1n) is 5.31. The molecule has 0 radical (unpaired) electrons. The van der Waals surface area contributed by atoms with Gasteiger partial charge >= 0.3 is 5.97 Å². The third kappa shape index (κ3) is 3.08. The fraction of sp³-hybridized carbons (Fsp3) is 0.0833. The monoisotopic (exact) mass is 277 g/mol. The Hall–Kier alpha value is -2.41. The summed E-state index contributed by atoms with van der Waals surface area (Å²) in [4.78, 5) is 26.8. The summed E-state index contributed by atoms with van der Waals surface area (Å²) >= 11 is 1.16. The lowest BCUT2D eigenvalue weighted by Crippen LogP contribution is -2.10. The zero-order chi connectivity index (χ0) is 13.8. The second-order valence-corrected chi connectivity index (χ2v) is 4.62. The van der Waals surface area contributed by atoms with Gasteiger partial charge in [0.25, 0.3) is 0 Å². The summed E-state index contributed by atoms with van der Waals surface area (Å²) in [5, 5.41) is 3.52. The Labute approximate surface area is 113 Å². The van der Waals surface area contributed by atoms with Crippen molar-refractivity contribution < 1.29 is 14.3 Å². The number of carbonyl (C=O) groups excluding carboxylic acids is 2. The van der Waals surface area contributed by atoms with E-state index in [0.717, 1.165) is 11.3 Å². The Morgan fingerprint density at radius 3 is 2.89 bits per heavy atom. The highest BCUT2D eigenvalue weighted by atomic mass is 32.1. The lowest BCUT2D eigenvalue weighted by Gasteiger charge is -2.03. The number of hydrogen-bond acceptors (Lipinski definition) is 6. The molecule has 1 amide bonds. The van der Waals surface area contributed by atoms with Crippen molar-refractivity contribution in [1.29, 1.82) is 0 Å².